The fraction of sp³-hybridized carbons (Fsp3) is 0.400. The van der Waals surface area contributed by atoms with Crippen LogP contribution in [0.1, 0.15) is 17.3 Å². The summed E-state index contributed by atoms with van der Waals surface area (Å²) >= 11 is 5.61. The van der Waals surface area contributed by atoms with Crippen molar-refractivity contribution < 1.29 is 14.5 Å². The Kier molecular flexibility index (Phi) is 5.47. The number of halogens is 1. The number of rotatable bonds is 6. The van der Waals surface area contributed by atoms with Gasteiger partial charge in [-0.05, 0) is 13.0 Å². The maximum atomic E-state index is 11.7. The van der Waals surface area contributed by atoms with Crippen LogP contribution in [0.4, 0.5) is 5.69 Å². The molecule has 0 aromatic carbocycles. The number of pyridine rings is 1. The van der Waals surface area contributed by atoms with Gasteiger partial charge in [0, 0.05) is 13.2 Å². The van der Waals surface area contributed by atoms with Crippen LogP contribution in [-0.4, -0.2) is 35.6 Å². The smallest absolute Gasteiger partial charge is 0.300 e. The molecule has 18 heavy (non-hydrogen) atoms. The highest BCUT2D eigenvalue weighted by atomic mass is 35.5. The van der Waals surface area contributed by atoms with Gasteiger partial charge in [0.25, 0.3) is 11.6 Å². The summed E-state index contributed by atoms with van der Waals surface area (Å²) in [5, 5.41) is 13.3. The second kappa shape index (κ2) is 6.87. The van der Waals surface area contributed by atoms with Crippen molar-refractivity contribution in [2.45, 2.75) is 6.92 Å². The predicted molar refractivity (Wildman–Crippen MR) is 64.7 cm³/mol. The Labute approximate surface area is 108 Å². The van der Waals surface area contributed by atoms with Crippen LogP contribution in [0.25, 0.3) is 0 Å². The molecule has 0 saturated carbocycles. The molecule has 0 saturated heterocycles. The summed E-state index contributed by atoms with van der Waals surface area (Å²) in [4.78, 5) is 25.4. The van der Waals surface area contributed by atoms with Crippen molar-refractivity contribution in [1.29, 1.82) is 0 Å². The molecule has 0 fully saturated rings. The molecule has 0 atom stereocenters. The number of amides is 1. The summed E-state index contributed by atoms with van der Waals surface area (Å²) in [6.45, 7) is 2.98. The summed E-state index contributed by atoms with van der Waals surface area (Å²) in [5.41, 5.74) is -0.496. The van der Waals surface area contributed by atoms with E-state index in [1.165, 1.54) is 0 Å². The molecule has 0 aliphatic carbocycles. The molecule has 0 aliphatic rings. The maximum Gasteiger partial charge on any atom is 0.300 e. The topological polar surface area (TPSA) is 94.4 Å². The van der Waals surface area contributed by atoms with Crippen LogP contribution in [-0.2, 0) is 4.74 Å². The number of aromatic nitrogens is 1. The third kappa shape index (κ3) is 3.94. The molecule has 1 heterocycles. The van der Waals surface area contributed by atoms with Crippen LogP contribution < -0.4 is 5.32 Å². The fourth-order valence-corrected chi connectivity index (χ4v) is 1.38. The van der Waals surface area contributed by atoms with Gasteiger partial charge >= 0.3 is 0 Å². The number of nitrogens with zero attached hydrogens (tertiary/aromatic N) is 2. The second-order valence-electron chi connectivity index (χ2n) is 3.23. The van der Waals surface area contributed by atoms with Crippen molar-refractivity contribution in [3.8, 4) is 0 Å². The zero-order chi connectivity index (χ0) is 13.5. The first kappa shape index (κ1) is 14.3. The average molecular weight is 274 g/mol. The lowest BCUT2D eigenvalue weighted by atomic mass is 10.2. The predicted octanol–water partition coefficient (Wildman–Crippen LogP) is 1.41. The first-order valence-corrected chi connectivity index (χ1v) is 5.60. The molecule has 0 bridgehead atoms. The van der Waals surface area contributed by atoms with Gasteiger partial charge in [0.15, 0.2) is 0 Å². The Hall–Kier alpha value is -1.73. The highest BCUT2D eigenvalue weighted by Crippen LogP contribution is 2.19. The minimum Gasteiger partial charge on any atom is -0.380 e. The van der Waals surface area contributed by atoms with E-state index in [9.17, 15) is 14.9 Å². The lowest BCUT2D eigenvalue weighted by molar-refractivity contribution is -0.385. The van der Waals surface area contributed by atoms with Gasteiger partial charge < -0.3 is 10.1 Å². The average Bonchev–Trinajstić information content (AvgIpc) is 2.34. The third-order valence-electron chi connectivity index (χ3n) is 2.03. The van der Waals surface area contributed by atoms with E-state index in [0.29, 0.717) is 13.2 Å². The monoisotopic (exact) mass is 273 g/mol. The van der Waals surface area contributed by atoms with Gasteiger partial charge in [-0.2, -0.15) is 0 Å². The van der Waals surface area contributed by atoms with E-state index in [-0.39, 0.29) is 22.9 Å². The maximum absolute atomic E-state index is 11.7. The Morgan fingerprint density at radius 1 is 1.67 bits per heavy atom. The summed E-state index contributed by atoms with van der Waals surface area (Å²) in [6, 6.07) is 1.16. The van der Waals surface area contributed by atoms with E-state index in [1.54, 1.807) is 0 Å². The lowest BCUT2D eigenvalue weighted by Crippen LogP contribution is -2.28. The van der Waals surface area contributed by atoms with Crippen LogP contribution in [0.2, 0.25) is 5.15 Å². The van der Waals surface area contributed by atoms with Crippen LogP contribution in [0, 0.1) is 10.1 Å². The zero-order valence-electron chi connectivity index (χ0n) is 9.68. The molecule has 1 aromatic heterocycles. The Morgan fingerprint density at radius 2 is 2.39 bits per heavy atom. The molecule has 1 aromatic rings. The van der Waals surface area contributed by atoms with Gasteiger partial charge in [-0.3, -0.25) is 14.9 Å². The molecule has 1 amide bonds. The van der Waals surface area contributed by atoms with Crippen molar-refractivity contribution in [3.63, 3.8) is 0 Å². The molecule has 1 rings (SSSR count). The van der Waals surface area contributed by atoms with Crippen molar-refractivity contribution in [3.05, 3.63) is 33.1 Å². The van der Waals surface area contributed by atoms with Gasteiger partial charge in [-0.25, -0.2) is 4.98 Å². The van der Waals surface area contributed by atoms with E-state index in [2.05, 4.69) is 10.3 Å². The Balaban J connectivity index is 2.77. The number of carbonyl (C=O) groups excluding carboxylic acids is 1. The summed E-state index contributed by atoms with van der Waals surface area (Å²) in [7, 11) is 0. The number of hydrogen-bond acceptors (Lipinski definition) is 5. The van der Waals surface area contributed by atoms with Crippen molar-refractivity contribution in [2.75, 3.05) is 19.8 Å². The minimum atomic E-state index is -0.680. The van der Waals surface area contributed by atoms with Crippen LogP contribution in [0.3, 0.4) is 0 Å². The Morgan fingerprint density at radius 3 is 3.00 bits per heavy atom. The molecular formula is C10H12ClN3O4. The van der Waals surface area contributed by atoms with E-state index in [1.807, 2.05) is 6.92 Å². The number of nitro groups is 1. The van der Waals surface area contributed by atoms with Gasteiger partial charge in [0.1, 0.15) is 16.9 Å². The van der Waals surface area contributed by atoms with Crippen molar-refractivity contribution >= 4 is 23.2 Å². The second-order valence-corrected chi connectivity index (χ2v) is 3.62. The third-order valence-corrected chi connectivity index (χ3v) is 2.23. The largest absolute Gasteiger partial charge is 0.380 e. The van der Waals surface area contributed by atoms with Crippen LogP contribution >= 0.6 is 11.6 Å². The van der Waals surface area contributed by atoms with E-state index in [0.717, 1.165) is 12.3 Å². The van der Waals surface area contributed by atoms with Crippen molar-refractivity contribution in [1.82, 2.24) is 10.3 Å². The summed E-state index contributed by atoms with van der Waals surface area (Å²) in [5.74, 6) is -0.578. The van der Waals surface area contributed by atoms with Gasteiger partial charge in [0.2, 0.25) is 0 Å². The van der Waals surface area contributed by atoms with E-state index in [4.69, 9.17) is 16.3 Å². The minimum absolute atomic E-state index is 0.0237. The first-order chi connectivity index (χ1) is 8.56. The van der Waals surface area contributed by atoms with Crippen LogP contribution in [0.5, 0.6) is 0 Å². The van der Waals surface area contributed by atoms with E-state index >= 15 is 0 Å². The van der Waals surface area contributed by atoms with Crippen LogP contribution in [0.15, 0.2) is 12.3 Å². The zero-order valence-corrected chi connectivity index (χ0v) is 10.4. The summed E-state index contributed by atoms with van der Waals surface area (Å²) in [6.07, 6.45) is 0.958. The lowest BCUT2D eigenvalue weighted by Gasteiger charge is -2.05. The summed E-state index contributed by atoms with van der Waals surface area (Å²) < 4.78 is 5.03. The van der Waals surface area contributed by atoms with Crippen molar-refractivity contribution in [2.24, 2.45) is 0 Å². The number of ether oxygens (including phenoxy) is 1. The molecule has 8 heteroatoms. The molecule has 98 valence electrons. The molecular weight excluding hydrogens is 262 g/mol. The number of carbonyl (C=O) groups is 1. The fourth-order valence-electron chi connectivity index (χ4n) is 1.23. The van der Waals surface area contributed by atoms with Gasteiger partial charge in [-0.15, -0.1) is 0 Å². The van der Waals surface area contributed by atoms with E-state index < -0.39 is 10.8 Å². The normalized spacial score (nSPS) is 10.1. The van der Waals surface area contributed by atoms with Gasteiger partial charge in [-0.1, -0.05) is 11.6 Å². The molecule has 0 spiro atoms. The number of hydrogen-bond donors (Lipinski definition) is 1. The number of nitrogens with one attached hydrogen (secondary N) is 1. The first-order valence-electron chi connectivity index (χ1n) is 5.22. The Bertz CT molecular complexity index is 453. The molecule has 0 aliphatic heterocycles. The van der Waals surface area contributed by atoms with Gasteiger partial charge in [0.05, 0.1) is 11.5 Å². The highest BCUT2D eigenvalue weighted by Gasteiger charge is 2.20. The molecule has 1 N–H and O–H groups in total. The quantitative estimate of drug-likeness (QED) is 0.366. The molecule has 0 unspecified atom stereocenters. The molecule has 0 radical (unpaired) electrons. The highest BCUT2D eigenvalue weighted by molar-refractivity contribution is 6.29. The SMILES string of the molecule is CCOCCNC(=O)c1cc(Cl)ncc1[N+](=O)[O-]. The standard InChI is InChI=1S/C10H12ClN3O4/c1-2-18-4-3-12-10(15)7-5-9(11)13-6-8(7)14(16)17/h5-6H,2-4H2,1H3,(H,12,15). The molecule has 7 nitrogen and oxygen atoms in total.